The lowest BCUT2D eigenvalue weighted by Crippen LogP contribution is -2.26. The quantitative estimate of drug-likeness (QED) is 0.732. The van der Waals surface area contributed by atoms with Crippen molar-refractivity contribution in [3.05, 3.63) is 18.2 Å². The van der Waals surface area contributed by atoms with Crippen molar-refractivity contribution in [2.24, 2.45) is 0 Å². The Labute approximate surface area is 83.8 Å². The summed E-state index contributed by atoms with van der Waals surface area (Å²) in [5.74, 6) is 1.04. The molecule has 0 unspecified atom stereocenters. The van der Waals surface area contributed by atoms with Crippen molar-refractivity contribution in [2.45, 2.75) is 32.6 Å². The number of hydrogen-bond acceptors (Lipinski definition) is 3. The average molecular weight is 196 g/mol. The minimum Gasteiger partial charge on any atom is -0.353 e. The fourth-order valence-corrected chi connectivity index (χ4v) is 1.59. The van der Waals surface area contributed by atoms with Gasteiger partial charge < -0.3 is 14.0 Å². The van der Waals surface area contributed by atoms with E-state index in [4.69, 9.17) is 9.47 Å². The molecule has 0 aromatic carbocycles. The molecular formula is C10H16N2O2. The summed E-state index contributed by atoms with van der Waals surface area (Å²) in [4.78, 5) is 4.16. The summed E-state index contributed by atoms with van der Waals surface area (Å²) in [6.45, 7) is 4.57. The summed E-state index contributed by atoms with van der Waals surface area (Å²) < 4.78 is 13.0. The molecule has 1 saturated heterocycles. The molecule has 14 heavy (non-hydrogen) atoms. The Bertz CT molecular complexity index is 279. The Kier molecular flexibility index (Phi) is 3.16. The lowest BCUT2D eigenvalue weighted by Gasteiger charge is -2.23. The van der Waals surface area contributed by atoms with E-state index in [-0.39, 0.29) is 6.29 Å². The summed E-state index contributed by atoms with van der Waals surface area (Å²) in [6.07, 6.45) is 5.69. The number of imidazole rings is 1. The van der Waals surface area contributed by atoms with Gasteiger partial charge in [-0.25, -0.2) is 4.98 Å². The number of aromatic nitrogens is 2. The van der Waals surface area contributed by atoms with Crippen molar-refractivity contribution >= 4 is 0 Å². The van der Waals surface area contributed by atoms with Crippen molar-refractivity contribution < 1.29 is 9.47 Å². The second-order valence-corrected chi connectivity index (χ2v) is 3.48. The van der Waals surface area contributed by atoms with Gasteiger partial charge in [-0.2, -0.15) is 0 Å². The molecule has 0 N–H and O–H groups in total. The van der Waals surface area contributed by atoms with E-state index in [0.717, 1.165) is 38.4 Å². The molecule has 4 nitrogen and oxygen atoms in total. The fourth-order valence-electron chi connectivity index (χ4n) is 1.59. The summed E-state index contributed by atoms with van der Waals surface area (Å²) in [7, 11) is 0. The number of aryl methyl sites for hydroxylation is 2. The molecule has 1 aliphatic heterocycles. The largest absolute Gasteiger partial charge is 0.353 e. The second-order valence-electron chi connectivity index (χ2n) is 3.48. The molecule has 1 aromatic heterocycles. The lowest BCUT2D eigenvalue weighted by molar-refractivity contribution is -0.182. The molecule has 0 saturated carbocycles. The predicted molar refractivity (Wildman–Crippen MR) is 51.9 cm³/mol. The lowest BCUT2D eigenvalue weighted by atomic mass is 10.3. The van der Waals surface area contributed by atoms with E-state index in [0.29, 0.717) is 0 Å². The molecular weight excluding hydrogens is 180 g/mol. The van der Waals surface area contributed by atoms with Crippen LogP contribution in [0.15, 0.2) is 12.4 Å². The van der Waals surface area contributed by atoms with E-state index in [1.165, 1.54) is 0 Å². The van der Waals surface area contributed by atoms with Gasteiger partial charge in [-0.1, -0.05) is 0 Å². The van der Waals surface area contributed by atoms with Crippen LogP contribution in [0.1, 0.15) is 18.7 Å². The van der Waals surface area contributed by atoms with Crippen LogP contribution in [0.3, 0.4) is 0 Å². The summed E-state index contributed by atoms with van der Waals surface area (Å²) in [5.41, 5.74) is 0. The van der Waals surface area contributed by atoms with Gasteiger partial charge in [-0.15, -0.1) is 0 Å². The molecule has 0 spiro atoms. The molecule has 1 aliphatic rings. The summed E-state index contributed by atoms with van der Waals surface area (Å²) >= 11 is 0. The first-order chi connectivity index (χ1) is 6.86. The van der Waals surface area contributed by atoms with Crippen molar-refractivity contribution in [1.29, 1.82) is 0 Å². The van der Waals surface area contributed by atoms with Gasteiger partial charge in [0.15, 0.2) is 6.29 Å². The molecule has 2 rings (SSSR count). The fraction of sp³-hybridized carbons (Fsp3) is 0.700. The first-order valence-electron chi connectivity index (χ1n) is 5.07. The van der Waals surface area contributed by atoms with Crippen LogP contribution in [-0.2, 0) is 16.0 Å². The van der Waals surface area contributed by atoms with E-state index < -0.39 is 0 Å². The normalized spacial score (nSPS) is 18.6. The maximum absolute atomic E-state index is 5.46. The molecule has 0 aliphatic carbocycles. The van der Waals surface area contributed by atoms with Crippen molar-refractivity contribution in [1.82, 2.24) is 9.55 Å². The van der Waals surface area contributed by atoms with Gasteiger partial charge in [0.1, 0.15) is 5.82 Å². The van der Waals surface area contributed by atoms with Gasteiger partial charge in [0, 0.05) is 25.4 Å². The maximum Gasteiger partial charge on any atom is 0.159 e. The van der Waals surface area contributed by atoms with Crippen LogP contribution in [0.25, 0.3) is 0 Å². The molecule has 4 heteroatoms. The minimum absolute atomic E-state index is 0.0226. The predicted octanol–water partition coefficient (Wildman–Crippen LogP) is 1.34. The van der Waals surface area contributed by atoms with Crippen LogP contribution in [0.2, 0.25) is 0 Å². The van der Waals surface area contributed by atoms with E-state index in [2.05, 4.69) is 9.55 Å². The average Bonchev–Trinajstić information content (AvgIpc) is 2.63. The SMILES string of the molecule is Cc1nccn1CCC1OCCCO1. The third kappa shape index (κ3) is 2.33. The standard InChI is InChI=1S/C10H16N2O2/c1-9-11-4-6-12(9)5-3-10-13-7-2-8-14-10/h4,6,10H,2-3,5,7-8H2,1H3. The van der Waals surface area contributed by atoms with Crippen LogP contribution in [0.5, 0.6) is 0 Å². The molecule has 1 aromatic rings. The summed E-state index contributed by atoms with van der Waals surface area (Å²) in [6, 6.07) is 0. The number of hydrogen-bond donors (Lipinski definition) is 0. The Hall–Kier alpha value is -0.870. The maximum atomic E-state index is 5.46. The third-order valence-corrected chi connectivity index (χ3v) is 2.43. The zero-order chi connectivity index (χ0) is 9.80. The molecule has 2 heterocycles. The molecule has 78 valence electrons. The Morgan fingerprint density at radius 3 is 2.93 bits per heavy atom. The monoisotopic (exact) mass is 196 g/mol. The highest BCUT2D eigenvalue weighted by atomic mass is 16.7. The van der Waals surface area contributed by atoms with Gasteiger partial charge in [0.25, 0.3) is 0 Å². The Morgan fingerprint density at radius 2 is 2.29 bits per heavy atom. The summed E-state index contributed by atoms with van der Waals surface area (Å²) in [5, 5.41) is 0. The van der Waals surface area contributed by atoms with E-state index >= 15 is 0 Å². The molecule has 0 bridgehead atoms. The molecule has 1 fully saturated rings. The Morgan fingerprint density at radius 1 is 1.50 bits per heavy atom. The van der Waals surface area contributed by atoms with Crippen LogP contribution >= 0.6 is 0 Å². The number of rotatable bonds is 3. The van der Waals surface area contributed by atoms with Crippen molar-refractivity contribution in [3.63, 3.8) is 0 Å². The third-order valence-electron chi connectivity index (χ3n) is 2.43. The smallest absolute Gasteiger partial charge is 0.159 e. The highest BCUT2D eigenvalue weighted by Crippen LogP contribution is 2.10. The number of nitrogens with zero attached hydrogens (tertiary/aromatic N) is 2. The highest BCUT2D eigenvalue weighted by Gasteiger charge is 2.13. The molecule has 0 radical (unpaired) electrons. The van der Waals surface area contributed by atoms with E-state index in [1.54, 1.807) is 0 Å². The van der Waals surface area contributed by atoms with Crippen LogP contribution in [0, 0.1) is 6.92 Å². The first kappa shape index (κ1) is 9.68. The van der Waals surface area contributed by atoms with Gasteiger partial charge in [-0.05, 0) is 13.3 Å². The molecule has 0 amide bonds. The minimum atomic E-state index is -0.0226. The van der Waals surface area contributed by atoms with Crippen molar-refractivity contribution in [2.75, 3.05) is 13.2 Å². The van der Waals surface area contributed by atoms with E-state index in [9.17, 15) is 0 Å². The Balaban J connectivity index is 1.79. The van der Waals surface area contributed by atoms with Crippen LogP contribution in [-0.4, -0.2) is 29.1 Å². The number of ether oxygens (including phenoxy) is 2. The van der Waals surface area contributed by atoms with Gasteiger partial charge >= 0.3 is 0 Å². The van der Waals surface area contributed by atoms with Crippen LogP contribution < -0.4 is 0 Å². The topological polar surface area (TPSA) is 36.3 Å². The first-order valence-corrected chi connectivity index (χ1v) is 5.07. The van der Waals surface area contributed by atoms with Crippen LogP contribution in [0.4, 0.5) is 0 Å². The van der Waals surface area contributed by atoms with Crippen molar-refractivity contribution in [3.8, 4) is 0 Å². The van der Waals surface area contributed by atoms with E-state index in [1.807, 2.05) is 19.3 Å². The second kappa shape index (κ2) is 4.57. The zero-order valence-electron chi connectivity index (χ0n) is 8.48. The zero-order valence-corrected chi connectivity index (χ0v) is 8.48. The molecule has 0 atom stereocenters. The highest BCUT2D eigenvalue weighted by molar-refractivity contribution is 4.88. The van der Waals surface area contributed by atoms with Gasteiger partial charge in [0.05, 0.1) is 13.2 Å². The van der Waals surface area contributed by atoms with Gasteiger partial charge in [0.2, 0.25) is 0 Å². The van der Waals surface area contributed by atoms with Gasteiger partial charge in [-0.3, -0.25) is 0 Å².